The molecule has 106 valence electrons. The molecule has 0 radical (unpaired) electrons. The van der Waals surface area contributed by atoms with Gasteiger partial charge in [-0.3, -0.25) is 4.98 Å². The summed E-state index contributed by atoms with van der Waals surface area (Å²) in [7, 11) is 0. The van der Waals surface area contributed by atoms with Crippen LogP contribution in [0.2, 0.25) is 0 Å². The fourth-order valence-corrected chi connectivity index (χ4v) is 2.76. The SMILES string of the molecule is N#CC(Cc1ccccn1)(c1ccccc1)c1ccccc1. The minimum Gasteiger partial charge on any atom is -0.261 e. The molecule has 0 fully saturated rings. The maximum atomic E-state index is 10.1. The molecule has 0 spiro atoms. The van der Waals surface area contributed by atoms with E-state index in [0.29, 0.717) is 6.42 Å². The first-order chi connectivity index (χ1) is 10.8. The molecule has 2 nitrogen and oxygen atoms in total. The van der Waals surface area contributed by atoms with Gasteiger partial charge in [0.25, 0.3) is 0 Å². The van der Waals surface area contributed by atoms with E-state index in [1.165, 1.54) is 0 Å². The van der Waals surface area contributed by atoms with Crippen molar-refractivity contribution in [1.29, 1.82) is 5.26 Å². The van der Waals surface area contributed by atoms with E-state index in [1.807, 2.05) is 78.9 Å². The average Bonchev–Trinajstić information content (AvgIpc) is 2.62. The summed E-state index contributed by atoms with van der Waals surface area (Å²) in [6.45, 7) is 0. The van der Waals surface area contributed by atoms with Crippen LogP contribution in [0.5, 0.6) is 0 Å². The standard InChI is InChI=1S/C20H16N2/c21-16-20(17-9-3-1-4-10-17,18-11-5-2-6-12-18)15-19-13-7-8-14-22-19/h1-14H,15H2. The van der Waals surface area contributed by atoms with Crippen LogP contribution in [-0.4, -0.2) is 4.98 Å². The highest BCUT2D eigenvalue weighted by Crippen LogP contribution is 2.34. The van der Waals surface area contributed by atoms with Crippen molar-refractivity contribution in [3.05, 3.63) is 102 Å². The topological polar surface area (TPSA) is 36.7 Å². The zero-order valence-electron chi connectivity index (χ0n) is 12.2. The molecule has 0 aliphatic heterocycles. The number of benzene rings is 2. The lowest BCUT2D eigenvalue weighted by molar-refractivity contribution is 0.641. The molecule has 0 aliphatic rings. The Hall–Kier alpha value is -2.92. The first-order valence-electron chi connectivity index (χ1n) is 7.27. The van der Waals surface area contributed by atoms with Gasteiger partial charge in [0, 0.05) is 18.3 Å². The van der Waals surface area contributed by atoms with Gasteiger partial charge in [-0.05, 0) is 23.3 Å². The Kier molecular flexibility index (Phi) is 3.98. The van der Waals surface area contributed by atoms with Gasteiger partial charge in [-0.15, -0.1) is 0 Å². The third-order valence-corrected chi connectivity index (χ3v) is 3.90. The largest absolute Gasteiger partial charge is 0.261 e. The van der Waals surface area contributed by atoms with Crippen LogP contribution in [-0.2, 0) is 11.8 Å². The Morgan fingerprint density at radius 2 is 1.32 bits per heavy atom. The summed E-state index contributed by atoms with van der Waals surface area (Å²) in [5.41, 5.74) is 2.18. The van der Waals surface area contributed by atoms with Crippen molar-refractivity contribution in [3.63, 3.8) is 0 Å². The van der Waals surface area contributed by atoms with Crippen LogP contribution in [0.3, 0.4) is 0 Å². The van der Waals surface area contributed by atoms with Crippen molar-refractivity contribution < 1.29 is 0 Å². The van der Waals surface area contributed by atoms with Crippen molar-refractivity contribution in [2.45, 2.75) is 11.8 Å². The molecule has 3 rings (SSSR count). The second-order valence-electron chi connectivity index (χ2n) is 5.25. The summed E-state index contributed by atoms with van der Waals surface area (Å²) in [6, 6.07) is 28.3. The fraction of sp³-hybridized carbons (Fsp3) is 0.100. The first-order valence-corrected chi connectivity index (χ1v) is 7.27. The van der Waals surface area contributed by atoms with Crippen molar-refractivity contribution in [1.82, 2.24) is 4.98 Å². The van der Waals surface area contributed by atoms with E-state index in [1.54, 1.807) is 6.20 Å². The predicted octanol–water partition coefficient (Wildman–Crippen LogP) is 4.13. The number of nitriles is 1. The molecular weight excluding hydrogens is 268 g/mol. The summed E-state index contributed by atoms with van der Waals surface area (Å²) in [6.07, 6.45) is 2.33. The van der Waals surface area contributed by atoms with Crippen LogP contribution in [0.25, 0.3) is 0 Å². The van der Waals surface area contributed by atoms with Crippen molar-refractivity contribution in [2.75, 3.05) is 0 Å². The number of aromatic nitrogens is 1. The van der Waals surface area contributed by atoms with Gasteiger partial charge < -0.3 is 0 Å². The summed E-state index contributed by atoms with van der Waals surface area (Å²) in [4.78, 5) is 4.41. The maximum Gasteiger partial charge on any atom is 0.113 e. The lowest BCUT2D eigenvalue weighted by Gasteiger charge is -2.27. The molecule has 3 aromatic rings. The Labute approximate surface area is 130 Å². The van der Waals surface area contributed by atoms with E-state index in [4.69, 9.17) is 0 Å². The molecule has 22 heavy (non-hydrogen) atoms. The molecule has 0 N–H and O–H groups in total. The molecule has 0 bridgehead atoms. The quantitative estimate of drug-likeness (QED) is 0.722. The molecule has 0 saturated heterocycles. The highest BCUT2D eigenvalue weighted by Gasteiger charge is 2.35. The third-order valence-electron chi connectivity index (χ3n) is 3.90. The predicted molar refractivity (Wildman–Crippen MR) is 87.2 cm³/mol. The average molecular weight is 284 g/mol. The Morgan fingerprint density at radius 3 is 1.77 bits per heavy atom. The molecule has 0 saturated carbocycles. The highest BCUT2D eigenvalue weighted by molar-refractivity contribution is 5.47. The number of pyridine rings is 1. The van der Waals surface area contributed by atoms with Crippen LogP contribution in [0.15, 0.2) is 85.1 Å². The maximum absolute atomic E-state index is 10.1. The van der Waals surface area contributed by atoms with Crippen molar-refractivity contribution >= 4 is 0 Å². The van der Waals surface area contributed by atoms with Gasteiger partial charge in [0.05, 0.1) is 6.07 Å². The van der Waals surface area contributed by atoms with E-state index in [-0.39, 0.29) is 0 Å². The zero-order valence-corrected chi connectivity index (χ0v) is 12.2. The minimum atomic E-state index is -0.725. The fourth-order valence-electron chi connectivity index (χ4n) is 2.76. The van der Waals surface area contributed by atoms with Crippen LogP contribution < -0.4 is 0 Å². The molecule has 0 aliphatic carbocycles. The van der Waals surface area contributed by atoms with Gasteiger partial charge in [0.1, 0.15) is 5.41 Å². The minimum absolute atomic E-state index is 0.554. The van der Waals surface area contributed by atoms with Gasteiger partial charge in [0.15, 0.2) is 0 Å². The molecule has 0 atom stereocenters. The smallest absolute Gasteiger partial charge is 0.113 e. The number of rotatable bonds is 4. The Morgan fingerprint density at radius 1 is 0.773 bits per heavy atom. The van der Waals surface area contributed by atoms with Gasteiger partial charge >= 0.3 is 0 Å². The van der Waals surface area contributed by atoms with Gasteiger partial charge in [-0.2, -0.15) is 5.26 Å². The first kappa shape index (κ1) is 14.0. The molecule has 0 unspecified atom stereocenters. The monoisotopic (exact) mass is 284 g/mol. The second-order valence-corrected chi connectivity index (χ2v) is 5.25. The zero-order chi connectivity index (χ0) is 15.3. The normalized spacial score (nSPS) is 10.9. The summed E-state index contributed by atoms with van der Waals surface area (Å²) in [5.74, 6) is 0. The molecule has 1 heterocycles. The van der Waals surface area contributed by atoms with Gasteiger partial charge in [-0.25, -0.2) is 0 Å². The third kappa shape index (κ3) is 2.62. The van der Waals surface area contributed by atoms with E-state index >= 15 is 0 Å². The van der Waals surface area contributed by atoms with Crippen LogP contribution in [0.1, 0.15) is 16.8 Å². The Bertz CT molecular complexity index is 720. The lowest BCUT2D eigenvalue weighted by atomic mass is 9.72. The number of hydrogen-bond donors (Lipinski definition) is 0. The molecule has 2 heteroatoms. The summed E-state index contributed by atoms with van der Waals surface area (Å²) in [5, 5.41) is 10.1. The molecule has 1 aromatic heterocycles. The summed E-state index contributed by atoms with van der Waals surface area (Å²) >= 11 is 0. The van der Waals surface area contributed by atoms with Gasteiger partial charge in [0.2, 0.25) is 0 Å². The molecular formula is C20H16N2. The van der Waals surface area contributed by atoms with Crippen LogP contribution >= 0.6 is 0 Å². The summed E-state index contributed by atoms with van der Waals surface area (Å²) < 4.78 is 0. The Balaban J connectivity index is 2.16. The van der Waals surface area contributed by atoms with Crippen LogP contribution in [0.4, 0.5) is 0 Å². The molecule has 0 amide bonds. The van der Waals surface area contributed by atoms with E-state index < -0.39 is 5.41 Å². The van der Waals surface area contributed by atoms with E-state index in [2.05, 4.69) is 11.1 Å². The van der Waals surface area contributed by atoms with Crippen LogP contribution in [0, 0.1) is 11.3 Å². The second kappa shape index (κ2) is 6.24. The highest BCUT2D eigenvalue weighted by atomic mass is 14.7. The van der Waals surface area contributed by atoms with Crippen molar-refractivity contribution in [2.24, 2.45) is 0 Å². The number of hydrogen-bond acceptors (Lipinski definition) is 2. The van der Waals surface area contributed by atoms with E-state index in [0.717, 1.165) is 16.8 Å². The van der Waals surface area contributed by atoms with Gasteiger partial charge in [-0.1, -0.05) is 66.7 Å². The lowest BCUT2D eigenvalue weighted by Crippen LogP contribution is -2.29. The van der Waals surface area contributed by atoms with Crippen molar-refractivity contribution in [3.8, 4) is 6.07 Å². The van der Waals surface area contributed by atoms with E-state index in [9.17, 15) is 5.26 Å². The number of nitrogens with zero attached hydrogens (tertiary/aromatic N) is 2. The molecule has 2 aromatic carbocycles.